The Balaban J connectivity index is 1.98. The first-order chi connectivity index (χ1) is 12.3. The quantitative estimate of drug-likeness (QED) is 0.406. The number of carbonyl (C=O) groups is 1. The maximum atomic E-state index is 11.3. The van der Waals surface area contributed by atoms with Crippen LogP contribution in [-0.2, 0) is 4.79 Å². The standard InChI is InChI=1S/C21H17NO3/c23-21(22-24)14-12-17-11-13-19(25-18-9-5-2-6-10-18)15-20(17)16-7-3-1-4-8-16/h1-15,24H,(H,22,23)/b14-12+. The highest BCUT2D eigenvalue weighted by molar-refractivity contribution is 5.92. The molecule has 0 heterocycles. The summed E-state index contributed by atoms with van der Waals surface area (Å²) in [5.41, 5.74) is 4.36. The van der Waals surface area contributed by atoms with E-state index >= 15 is 0 Å². The highest BCUT2D eigenvalue weighted by Crippen LogP contribution is 2.31. The highest BCUT2D eigenvalue weighted by atomic mass is 16.5. The molecule has 0 aliphatic heterocycles. The molecule has 124 valence electrons. The number of hydrogen-bond donors (Lipinski definition) is 2. The average molecular weight is 331 g/mol. The van der Waals surface area contributed by atoms with Crippen LogP contribution in [0.25, 0.3) is 17.2 Å². The van der Waals surface area contributed by atoms with Crippen molar-refractivity contribution < 1.29 is 14.7 Å². The predicted molar refractivity (Wildman–Crippen MR) is 97.4 cm³/mol. The summed E-state index contributed by atoms with van der Waals surface area (Å²) in [5.74, 6) is 0.877. The fourth-order valence-electron chi connectivity index (χ4n) is 2.44. The third-order valence-electron chi connectivity index (χ3n) is 3.61. The van der Waals surface area contributed by atoms with Crippen LogP contribution in [0.3, 0.4) is 0 Å². The van der Waals surface area contributed by atoms with Gasteiger partial charge in [-0.3, -0.25) is 10.0 Å². The number of hydrogen-bond acceptors (Lipinski definition) is 3. The van der Waals surface area contributed by atoms with E-state index in [1.807, 2.05) is 78.9 Å². The molecule has 3 aromatic rings. The third kappa shape index (κ3) is 4.34. The highest BCUT2D eigenvalue weighted by Gasteiger charge is 2.07. The fourth-order valence-corrected chi connectivity index (χ4v) is 2.44. The molecule has 1 amide bonds. The van der Waals surface area contributed by atoms with E-state index in [9.17, 15) is 4.79 Å². The topological polar surface area (TPSA) is 58.6 Å². The van der Waals surface area contributed by atoms with E-state index in [-0.39, 0.29) is 0 Å². The molecule has 0 atom stereocenters. The van der Waals surface area contributed by atoms with Gasteiger partial charge < -0.3 is 4.74 Å². The van der Waals surface area contributed by atoms with Crippen molar-refractivity contribution >= 4 is 12.0 Å². The molecule has 3 rings (SSSR count). The van der Waals surface area contributed by atoms with Gasteiger partial charge in [0.15, 0.2) is 0 Å². The third-order valence-corrected chi connectivity index (χ3v) is 3.61. The Hall–Kier alpha value is -3.37. The summed E-state index contributed by atoms with van der Waals surface area (Å²) in [6, 6.07) is 25.0. The summed E-state index contributed by atoms with van der Waals surface area (Å²) in [5, 5.41) is 8.64. The maximum Gasteiger partial charge on any atom is 0.267 e. The molecule has 0 unspecified atom stereocenters. The second-order valence-corrected chi connectivity index (χ2v) is 5.34. The van der Waals surface area contributed by atoms with Gasteiger partial charge in [-0.2, -0.15) is 0 Å². The molecule has 0 saturated heterocycles. The Morgan fingerprint density at radius 3 is 2.24 bits per heavy atom. The van der Waals surface area contributed by atoms with Gasteiger partial charge in [0, 0.05) is 6.08 Å². The van der Waals surface area contributed by atoms with Crippen molar-refractivity contribution in [2.45, 2.75) is 0 Å². The number of carbonyl (C=O) groups excluding carboxylic acids is 1. The van der Waals surface area contributed by atoms with Crippen LogP contribution >= 0.6 is 0 Å². The van der Waals surface area contributed by atoms with Crippen LogP contribution < -0.4 is 10.2 Å². The first-order valence-corrected chi connectivity index (χ1v) is 7.81. The Morgan fingerprint density at radius 2 is 1.56 bits per heavy atom. The van der Waals surface area contributed by atoms with Crippen LogP contribution in [0.5, 0.6) is 11.5 Å². The van der Waals surface area contributed by atoms with Gasteiger partial charge >= 0.3 is 0 Å². The smallest absolute Gasteiger partial charge is 0.267 e. The maximum absolute atomic E-state index is 11.3. The Labute approximate surface area is 146 Å². The minimum absolute atomic E-state index is 0.580. The molecule has 25 heavy (non-hydrogen) atoms. The zero-order valence-electron chi connectivity index (χ0n) is 13.4. The number of nitrogens with one attached hydrogen (secondary N) is 1. The summed E-state index contributed by atoms with van der Waals surface area (Å²) in [4.78, 5) is 11.3. The average Bonchev–Trinajstić information content (AvgIpc) is 2.68. The Kier molecular flexibility index (Phi) is 5.24. The molecule has 0 spiro atoms. The SMILES string of the molecule is O=C(/C=C/c1ccc(Oc2ccccc2)cc1-c1ccccc1)NO. The van der Waals surface area contributed by atoms with E-state index in [2.05, 4.69) is 0 Å². The largest absolute Gasteiger partial charge is 0.457 e. The van der Waals surface area contributed by atoms with Crippen molar-refractivity contribution in [3.8, 4) is 22.6 Å². The van der Waals surface area contributed by atoms with Gasteiger partial charge in [-0.1, -0.05) is 54.6 Å². The summed E-state index contributed by atoms with van der Waals surface area (Å²) in [6.45, 7) is 0. The molecule has 2 N–H and O–H groups in total. The zero-order chi connectivity index (χ0) is 17.5. The van der Waals surface area contributed by atoms with Crippen LogP contribution in [0, 0.1) is 0 Å². The van der Waals surface area contributed by atoms with Crippen molar-refractivity contribution in [1.29, 1.82) is 0 Å². The van der Waals surface area contributed by atoms with Gasteiger partial charge in [-0.05, 0) is 47.0 Å². The molecule has 0 bridgehead atoms. The van der Waals surface area contributed by atoms with E-state index < -0.39 is 5.91 Å². The first kappa shape index (κ1) is 16.5. The molecular weight excluding hydrogens is 314 g/mol. The van der Waals surface area contributed by atoms with Gasteiger partial charge in [0.05, 0.1) is 0 Å². The first-order valence-electron chi connectivity index (χ1n) is 7.81. The fraction of sp³-hybridized carbons (Fsp3) is 0. The van der Waals surface area contributed by atoms with Crippen LogP contribution in [0.15, 0.2) is 84.9 Å². The second-order valence-electron chi connectivity index (χ2n) is 5.34. The summed E-state index contributed by atoms with van der Waals surface area (Å²) in [6.07, 6.45) is 2.93. The molecule has 0 radical (unpaired) electrons. The number of rotatable bonds is 5. The lowest BCUT2D eigenvalue weighted by Gasteiger charge is -2.11. The van der Waals surface area contributed by atoms with Crippen molar-refractivity contribution in [1.82, 2.24) is 5.48 Å². The van der Waals surface area contributed by atoms with Gasteiger partial charge in [0.1, 0.15) is 11.5 Å². The lowest BCUT2D eigenvalue weighted by Crippen LogP contribution is -2.14. The molecule has 0 aromatic heterocycles. The summed E-state index contributed by atoms with van der Waals surface area (Å²) < 4.78 is 5.90. The molecule has 4 heteroatoms. The van der Waals surface area contributed by atoms with Crippen LogP contribution in [0.1, 0.15) is 5.56 Å². The number of benzene rings is 3. The monoisotopic (exact) mass is 331 g/mol. The van der Waals surface area contributed by atoms with Crippen molar-refractivity contribution in [3.63, 3.8) is 0 Å². The van der Waals surface area contributed by atoms with Crippen LogP contribution in [0.4, 0.5) is 0 Å². The van der Waals surface area contributed by atoms with Crippen molar-refractivity contribution in [2.24, 2.45) is 0 Å². The lowest BCUT2D eigenvalue weighted by molar-refractivity contribution is -0.124. The zero-order valence-corrected chi connectivity index (χ0v) is 13.4. The normalized spacial score (nSPS) is 10.6. The minimum Gasteiger partial charge on any atom is -0.457 e. The van der Waals surface area contributed by atoms with Crippen LogP contribution in [0.2, 0.25) is 0 Å². The van der Waals surface area contributed by atoms with Gasteiger partial charge in [0.25, 0.3) is 5.91 Å². The van der Waals surface area contributed by atoms with Crippen LogP contribution in [-0.4, -0.2) is 11.1 Å². The second kappa shape index (κ2) is 7.95. The van der Waals surface area contributed by atoms with E-state index in [1.54, 1.807) is 11.6 Å². The van der Waals surface area contributed by atoms with Crippen molar-refractivity contribution in [3.05, 3.63) is 90.5 Å². The van der Waals surface area contributed by atoms with Gasteiger partial charge in [-0.15, -0.1) is 0 Å². The van der Waals surface area contributed by atoms with E-state index in [0.29, 0.717) is 5.75 Å². The molecule has 0 saturated carbocycles. The predicted octanol–water partition coefficient (Wildman–Crippen LogP) is 4.66. The van der Waals surface area contributed by atoms with E-state index in [4.69, 9.17) is 9.94 Å². The molecule has 0 fully saturated rings. The minimum atomic E-state index is -0.580. The molecular formula is C21H17NO3. The molecule has 0 aliphatic rings. The molecule has 4 nitrogen and oxygen atoms in total. The Bertz CT molecular complexity index is 874. The summed E-state index contributed by atoms with van der Waals surface area (Å²) in [7, 11) is 0. The summed E-state index contributed by atoms with van der Waals surface area (Å²) >= 11 is 0. The molecule has 0 aliphatic carbocycles. The number of para-hydroxylation sites is 1. The number of hydroxylamine groups is 1. The molecule has 3 aromatic carbocycles. The number of ether oxygens (including phenoxy) is 1. The number of amides is 1. The van der Waals surface area contributed by atoms with Crippen molar-refractivity contribution in [2.75, 3.05) is 0 Å². The lowest BCUT2D eigenvalue weighted by atomic mass is 9.99. The van der Waals surface area contributed by atoms with E-state index in [0.717, 1.165) is 22.4 Å². The van der Waals surface area contributed by atoms with Gasteiger partial charge in [0.2, 0.25) is 0 Å². The Morgan fingerprint density at radius 1 is 0.880 bits per heavy atom. The van der Waals surface area contributed by atoms with E-state index in [1.165, 1.54) is 6.08 Å². The van der Waals surface area contributed by atoms with Gasteiger partial charge in [-0.25, -0.2) is 5.48 Å².